The number of non-ortho nitro benzene ring substituents is 1. The highest BCUT2D eigenvalue weighted by atomic mass is 16.7. The molecule has 0 spiro atoms. The van der Waals surface area contributed by atoms with Crippen LogP contribution in [0.2, 0.25) is 0 Å². The normalized spacial score (nSPS) is 11.4. The maximum absolute atomic E-state index is 12.3. The first-order valence-corrected chi connectivity index (χ1v) is 10.8. The van der Waals surface area contributed by atoms with Gasteiger partial charge in [0.05, 0.1) is 4.92 Å². The molecule has 0 N–H and O–H groups in total. The predicted molar refractivity (Wildman–Crippen MR) is 132 cm³/mol. The molecule has 0 heterocycles. The molecule has 0 atom stereocenters. The number of ether oxygens (including phenoxy) is 2. The predicted octanol–water partition coefficient (Wildman–Crippen LogP) is 7.36. The lowest BCUT2D eigenvalue weighted by molar-refractivity contribution is -0.384. The van der Waals surface area contributed by atoms with Gasteiger partial charge < -0.3 is 9.47 Å². The lowest BCUT2D eigenvalue weighted by Gasteiger charge is -2.16. The lowest BCUT2D eigenvalue weighted by Crippen LogP contribution is -2.10. The number of carbonyl (C=O) groups excluding carboxylic acids is 1. The van der Waals surface area contributed by atoms with Crippen LogP contribution < -0.4 is 4.74 Å². The van der Waals surface area contributed by atoms with Crippen LogP contribution in [0.15, 0.2) is 91.0 Å². The zero-order valence-electron chi connectivity index (χ0n) is 17.9. The minimum absolute atomic E-state index is 0.0396. The van der Waals surface area contributed by atoms with Crippen LogP contribution in [-0.2, 0) is 11.3 Å². The smallest absolute Gasteiger partial charge is 0.429 e. The summed E-state index contributed by atoms with van der Waals surface area (Å²) in [6.07, 6.45) is -0.871. The summed E-state index contributed by atoms with van der Waals surface area (Å²) in [5, 5.41) is 20.1. The summed E-state index contributed by atoms with van der Waals surface area (Å²) in [6.45, 7) is 0.0396. The van der Waals surface area contributed by atoms with E-state index in [-0.39, 0.29) is 18.0 Å². The maximum Gasteiger partial charge on any atom is 0.514 e. The standard InChI is InChI=1S/C28H17NO5/c30-28(34-20-13-11-19(12-14-20)29(31)32)33-16-18-10-15-25-23-8-2-5-17-4-1-7-22(26(17)23)24-9-3-6-21(18)27(24)25/h1-15H,16H2. The van der Waals surface area contributed by atoms with Gasteiger partial charge in [0.1, 0.15) is 12.4 Å². The number of rotatable bonds is 4. The van der Waals surface area contributed by atoms with Gasteiger partial charge in [0.2, 0.25) is 0 Å². The fourth-order valence-electron chi connectivity index (χ4n) is 4.73. The molecule has 0 aliphatic rings. The molecule has 6 aromatic rings. The Labute approximate surface area is 193 Å². The van der Waals surface area contributed by atoms with Crippen molar-refractivity contribution in [2.24, 2.45) is 0 Å². The Morgan fingerprint density at radius 2 is 1.29 bits per heavy atom. The number of hydrogen-bond donors (Lipinski definition) is 0. The zero-order chi connectivity index (χ0) is 23.2. The summed E-state index contributed by atoms with van der Waals surface area (Å²) in [7, 11) is 0. The van der Waals surface area contributed by atoms with E-state index in [4.69, 9.17) is 9.47 Å². The van der Waals surface area contributed by atoms with Crippen molar-refractivity contribution in [3.8, 4) is 5.75 Å². The van der Waals surface area contributed by atoms with Crippen LogP contribution in [0, 0.1) is 10.1 Å². The molecule has 0 aliphatic heterocycles. The van der Waals surface area contributed by atoms with Crippen molar-refractivity contribution in [1.82, 2.24) is 0 Å². The molecule has 0 fully saturated rings. The quantitative estimate of drug-likeness (QED) is 0.0704. The molecule has 164 valence electrons. The monoisotopic (exact) mass is 447 g/mol. The highest BCUT2D eigenvalue weighted by Gasteiger charge is 2.15. The van der Waals surface area contributed by atoms with Crippen LogP contribution in [-0.4, -0.2) is 11.1 Å². The number of nitro groups is 1. The second-order valence-electron chi connectivity index (χ2n) is 8.10. The second-order valence-corrected chi connectivity index (χ2v) is 8.10. The third-order valence-electron chi connectivity index (χ3n) is 6.21. The molecule has 0 amide bonds. The molecular formula is C28H17NO5. The zero-order valence-corrected chi connectivity index (χ0v) is 17.9. The number of benzene rings is 6. The van der Waals surface area contributed by atoms with E-state index in [1.54, 1.807) is 0 Å². The van der Waals surface area contributed by atoms with Crippen LogP contribution in [0.5, 0.6) is 5.75 Å². The molecule has 0 saturated carbocycles. The number of nitrogens with zero attached hydrogens (tertiary/aromatic N) is 1. The van der Waals surface area contributed by atoms with Gasteiger partial charge in [-0.3, -0.25) is 10.1 Å². The van der Waals surface area contributed by atoms with Gasteiger partial charge in [0.15, 0.2) is 0 Å². The second kappa shape index (κ2) is 7.71. The van der Waals surface area contributed by atoms with Crippen molar-refractivity contribution in [3.63, 3.8) is 0 Å². The molecule has 0 aliphatic carbocycles. The van der Waals surface area contributed by atoms with Gasteiger partial charge in [0, 0.05) is 12.1 Å². The Hall–Kier alpha value is -4.71. The van der Waals surface area contributed by atoms with Crippen molar-refractivity contribution in [1.29, 1.82) is 0 Å². The first kappa shape index (κ1) is 19.9. The molecule has 0 unspecified atom stereocenters. The Kier molecular flexibility index (Phi) is 4.52. The van der Waals surface area contributed by atoms with Crippen LogP contribution in [0.1, 0.15) is 5.56 Å². The molecular weight excluding hydrogens is 430 g/mol. The van der Waals surface area contributed by atoms with E-state index in [1.165, 1.54) is 45.8 Å². The number of hydrogen-bond acceptors (Lipinski definition) is 5. The first-order valence-electron chi connectivity index (χ1n) is 10.8. The van der Waals surface area contributed by atoms with E-state index in [1.807, 2.05) is 18.2 Å². The fourth-order valence-corrected chi connectivity index (χ4v) is 4.73. The first-order chi connectivity index (χ1) is 16.6. The lowest BCUT2D eigenvalue weighted by atomic mass is 9.88. The van der Waals surface area contributed by atoms with Gasteiger partial charge >= 0.3 is 6.16 Å². The molecule has 0 bridgehead atoms. The van der Waals surface area contributed by atoms with E-state index < -0.39 is 11.1 Å². The summed E-state index contributed by atoms with van der Waals surface area (Å²) in [6, 6.07) is 28.2. The molecule has 0 saturated heterocycles. The Morgan fingerprint density at radius 3 is 1.97 bits per heavy atom. The van der Waals surface area contributed by atoms with Gasteiger partial charge in [-0.25, -0.2) is 4.79 Å². The highest BCUT2D eigenvalue weighted by molar-refractivity contribution is 6.33. The number of nitro benzene ring substituents is 1. The average Bonchev–Trinajstić information content (AvgIpc) is 2.86. The van der Waals surface area contributed by atoms with E-state index in [0.29, 0.717) is 0 Å². The average molecular weight is 447 g/mol. The topological polar surface area (TPSA) is 78.7 Å². The van der Waals surface area contributed by atoms with Crippen LogP contribution in [0.3, 0.4) is 0 Å². The van der Waals surface area contributed by atoms with Crippen LogP contribution >= 0.6 is 0 Å². The van der Waals surface area contributed by atoms with Crippen molar-refractivity contribution in [3.05, 3.63) is 107 Å². The van der Waals surface area contributed by atoms with Gasteiger partial charge in [-0.05, 0) is 60.8 Å². The minimum atomic E-state index is -0.871. The van der Waals surface area contributed by atoms with E-state index in [9.17, 15) is 14.9 Å². The Bertz CT molecular complexity index is 1670. The number of fused-ring (bicyclic) bond motifs is 2. The van der Waals surface area contributed by atoms with E-state index >= 15 is 0 Å². The van der Waals surface area contributed by atoms with Crippen LogP contribution in [0.4, 0.5) is 10.5 Å². The molecule has 34 heavy (non-hydrogen) atoms. The summed E-state index contributed by atoms with van der Waals surface area (Å²) in [5.74, 6) is 0.178. The third kappa shape index (κ3) is 3.16. The summed E-state index contributed by atoms with van der Waals surface area (Å²) in [4.78, 5) is 22.5. The summed E-state index contributed by atoms with van der Waals surface area (Å²) >= 11 is 0. The van der Waals surface area contributed by atoms with Crippen molar-refractivity contribution < 1.29 is 19.2 Å². The highest BCUT2D eigenvalue weighted by Crippen LogP contribution is 2.41. The molecule has 6 rings (SSSR count). The summed E-state index contributed by atoms with van der Waals surface area (Å²) < 4.78 is 10.5. The van der Waals surface area contributed by atoms with Gasteiger partial charge in [-0.2, -0.15) is 0 Å². The maximum atomic E-state index is 12.3. The van der Waals surface area contributed by atoms with Crippen LogP contribution in [0.25, 0.3) is 43.1 Å². The van der Waals surface area contributed by atoms with Gasteiger partial charge in [0.25, 0.3) is 5.69 Å². The van der Waals surface area contributed by atoms with Gasteiger partial charge in [-0.15, -0.1) is 0 Å². The van der Waals surface area contributed by atoms with Crippen molar-refractivity contribution >= 4 is 54.9 Å². The minimum Gasteiger partial charge on any atom is -0.429 e. The largest absolute Gasteiger partial charge is 0.514 e. The van der Waals surface area contributed by atoms with Gasteiger partial charge in [-0.1, -0.05) is 66.7 Å². The molecule has 0 aromatic heterocycles. The van der Waals surface area contributed by atoms with Crippen molar-refractivity contribution in [2.75, 3.05) is 0 Å². The SMILES string of the molecule is O=C(OCc1ccc2c3cccc4cccc(c5cccc1c52)c43)Oc1ccc([N+](=O)[O-])cc1. The summed E-state index contributed by atoms with van der Waals surface area (Å²) in [5.41, 5.74) is 0.787. The third-order valence-corrected chi connectivity index (χ3v) is 6.21. The molecule has 6 aromatic carbocycles. The number of carbonyl (C=O) groups is 1. The Balaban J connectivity index is 1.35. The van der Waals surface area contributed by atoms with E-state index in [0.717, 1.165) is 27.1 Å². The molecule has 6 heteroatoms. The fraction of sp³-hybridized carbons (Fsp3) is 0.0357. The van der Waals surface area contributed by atoms with Crippen molar-refractivity contribution in [2.45, 2.75) is 6.61 Å². The molecule has 0 radical (unpaired) electrons. The van der Waals surface area contributed by atoms with E-state index in [2.05, 4.69) is 48.5 Å². The Morgan fingerprint density at radius 1 is 0.706 bits per heavy atom. The molecule has 6 nitrogen and oxygen atoms in total.